The van der Waals surface area contributed by atoms with Crippen LogP contribution in [0.5, 0.6) is 5.75 Å². The van der Waals surface area contributed by atoms with E-state index < -0.39 is 10.0 Å². The molecule has 0 saturated carbocycles. The Morgan fingerprint density at radius 1 is 1.15 bits per heavy atom. The highest BCUT2D eigenvalue weighted by Crippen LogP contribution is 2.35. The van der Waals surface area contributed by atoms with Crippen LogP contribution in [-0.4, -0.2) is 57.0 Å². The van der Waals surface area contributed by atoms with Crippen molar-refractivity contribution in [3.8, 4) is 5.75 Å². The molecule has 0 amide bonds. The van der Waals surface area contributed by atoms with E-state index in [0.29, 0.717) is 5.75 Å². The first-order valence-electron chi connectivity index (χ1n) is 6.92. The van der Waals surface area contributed by atoms with E-state index >= 15 is 0 Å². The highest BCUT2D eigenvalue weighted by molar-refractivity contribution is 7.89. The molecule has 1 fully saturated rings. The minimum atomic E-state index is -3.47. The van der Waals surface area contributed by atoms with Crippen LogP contribution in [0.3, 0.4) is 0 Å². The van der Waals surface area contributed by atoms with Gasteiger partial charge in [0.15, 0.2) is 0 Å². The quantitative estimate of drug-likeness (QED) is 0.721. The first-order chi connectivity index (χ1) is 9.50. The van der Waals surface area contributed by atoms with Crippen molar-refractivity contribution in [1.29, 1.82) is 0 Å². The number of ether oxygens (including phenoxy) is 1. The van der Waals surface area contributed by atoms with E-state index in [1.165, 1.54) is 4.31 Å². The Morgan fingerprint density at radius 3 is 2.65 bits per heavy atom. The molecule has 0 unspecified atom stereocenters. The van der Waals surface area contributed by atoms with Crippen molar-refractivity contribution in [1.82, 2.24) is 9.21 Å². The van der Waals surface area contributed by atoms with Crippen LogP contribution in [0.25, 0.3) is 0 Å². The van der Waals surface area contributed by atoms with Gasteiger partial charge in [-0.1, -0.05) is 12.1 Å². The van der Waals surface area contributed by atoms with E-state index in [1.807, 2.05) is 6.07 Å². The third-order valence-electron chi connectivity index (χ3n) is 4.28. The zero-order valence-electron chi connectivity index (χ0n) is 11.8. The molecule has 0 N–H and O–H groups in total. The van der Waals surface area contributed by atoms with Crippen LogP contribution in [0, 0.1) is 0 Å². The molecule has 6 heteroatoms. The number of sulfonamides is 1. The largest absolute Gasteiger partial charge is 0.487 e. The molecule has 20 heavy (non-hydrogen) atoms. The molecule has 2 aliphatic heterocycles. The zero-order valence-corrected chi connectivity index (χ0v) is 12.6. The second-order valence-electron chi connectivity index (χ2n) is 5.57. The topological polar surface area (TPSA) is 49.9 Å². The fourth-order valence-corrected chi connectivity index (χ4v) is 4.53. The van der Waals surface area contributed by atoms with Crippen LogP contribution in [0.2, 0.25) is 0 Å². The molecule has 5 nitrogen and oxygen atoms in total. The van der Waals surface area contributed by atoms with E-state index in [2.05, 4.69) is 11.9 Å². The Morgan fingerprint density at radius 2 is 1.85 bits per heavy atom. The van der Waals surface area contributed by atoms with Crippen LogP contribution >= 0.6 is 0 Å². The molecule has 110 valence electrons. The van der Waals surface area contributed by atoms with Crippen LogP contribution in [-0.2, 0) is 10.0 Å². The normalized spacial score (nSPS) is 30.5. The lowest BCUT2D eigenvalue weighted by molar-refractivity contribution is 0.122. The fraction of sp³-hybridized carbons (Fsp3) is 0.571. The van der Waals surface area contributed by atoms with Gasteiger partial charge in [0.05, 0.1) is 6.04 Å². The second kappa shape index (κ2) is 5.02. The average Bonchev–Trinajstić information content (AvgIpc) is 2.64. The molecule has 3 rings (SSSR count). The summed E-state index contributed by atoms with van der Waals surface area (Å²) in [6.45, 7) is 1.82. The van der Waals surface area contributed by atoms with E-state index in [4.69, 9.17) is 4.74 Å². The first kappa shape index (κ1) is 13.9. The maximum Gasteiger partial charge on any atom is 0.246 e. The molecule has 1 saturated heterocycles. The molecular weight excluding hydrogens is 276 g/mol. The third-order valence-corrected chi connectivity index (χ3v) is 6.20. The standard InChI is InChI=1S/C14H20N2O3S/c1-15-9-7-11-12(8-10-15)19-13-5-3-4-6-14(13)20(17,18)16(11)2/h3-6,11-12H,7-10H2,1-2H3/t11-,12-/m1/s1. The molecular formula is C14H20N2O3S. The van der Waals surface area contributed by atoms with Crippen molar-refractivity contribution in [2.75, 3.05) is 27.2 Å². The number of para-hydroxylation sites is 1. The highest BCUT2D eigenvalue weighted by atomic mass is 32.2. The van der Waals surface area contributed by atoms with Gasteiger partial charge in [0.2, 0.25) is 10.0 Å². The maximum atomic E-state index is 12.7. The molecule has 2 aliphatic rings. The van der Waals surface area contributed by atoms with Gasteiger partial charge in [-0.2, -0.15) is 4.31 Å². The molecule has 2 atom stereocenters. The van der Waals surface area contributed by atoms with Crippen LogP contribution < -0.4 is 4.74 Å². The number of hydrogen-bond donors (Lipinski definition) is 0. The summed E-state index contributed by atoms with van der Waals surface area (Å²) < 4.78 is 33.0. The Bertz CT molecular complexity index is 602. The minimum absolute atomic E-state index is 0.0802. The Hall–Kier alpha value is -1.11. The summed E-state index contributed by atoms with van der Waals surface area (Å²) in [6.07, 6.45) is 1.56. The number of fused-ring (bicyclic) bond motifs is 2. The van der Waals surface area contributed by atoms with Crippen molar-refractivity contribution >= 4 is 10.0 Å². The van der Waals surface area contributed by atoms with Crippen molar-refractivity contribution in [3.63, 3.8) is 0 Å². The second-order valence-corrected chi connectivity index (χ2v) is 7.54. The van der Waals surface area contributed by atoms with Crippen molar-refractivity contribution in [2.24, 2.45) is 0 Å². The molecule has 0 aromatic heterocycles. The molecule has 1 aromatic carbocycles. The number of likely N-dealkylation sites (N-methyl/N-ethyl adjacent to an activating group) is 1. The SMILES string of the molecule is CN1CC[C@@H]2[C@@H](CC1)Oc1ccccc1S(=O)(=O)N2C. The van der Waals surface area contributed by atoms with Gasteiger partial charge in [0.25, 0.3) is 0 Å². The number of benzene rings is 1. The first-order valence-corrected chi connectivity index (χ1v) is 8.36. The lowest BCUT2D eigenvalue weighted by atomic mass is 10.1. The average molecular weight is 296 g/mol. The van der Waals surface area contributed by atoms with Gasteiger partial charge in [-0.25, -0.2) is 8.42 Å². The highest BCUT2D eigenvalue weighted by Gasteiger charge is 2.40. The number of nitrogens with zero attached hydrogens (tertiary/aromatic N) is 2. The number of rotatable bonds is 0. The van der Waals surface area contributed by atoms with Gasteiger partial charge in [0.1, 0.15) is 16.7 Å². The summed E-state index contributed by atoms with van der Waals surface area (Å²) in [6, 6.07) is 6.83. The van der Waals surface area contributed by atoms with E-state index in [0.717, 1.165) is 25.9 Å². The summed E-state index contributed by atoms with van der Waals surface area (Å²) in [5.41, 5.74) is 0. The maximum absolute atomic E-state index is 12.7. The van der Waals surface area contributed by atoms with Gasteiger partial charge in [-0.15, -0.1) is 0 Å². The van der Waals surface area contributed by atoms with E-state index in [-0.39, 0.29) is 17.0 Å². The third kappa shape index (κ3) is 2.21. The molecule has 0 bridgehead atoms. The Balaban J connectivity index is 2.07. The van der Waals surface area contributed by atoms with E-state index in [1.54, 1.807) is 25.2 Å². The van der Waals surface area contributed by atoms with Gasteiger partial charge < -0.3 is 9.64 Å². The molecule has 2 heterocycles. The van der Waals surface area contributed by atoms with Crippen LogP contribution in [0.1, 0.15) is 12.8 Å². The predicted octanol–water partition coefficient (Wildman–Crippen LogP) is 1.16. The molecule has 0 radical (unpaired) electrons. The Labute approximate surface area is 120 Å². The smallest absolute Gasteiger partial charge is 0.246 e. The zero-order chi connectivity index (χ0) is 14.3. The molecule has 1 aromatic rings. The number of likely N-dealkylation sites (tertiary alicyclic amines) is 1. The van der Waals surface area contributed by atoms with Gasteiger partial charge >= 0.3 is 0 Å². The summed E-state index contributed by atoms with van der Waals surface area (Å²) in [5, 5.41) is 0. The Kier molecular flexibility index (Phi) is 3.48. The van der Waals surface area contributed by atoms with Gasteiger partial charge in [0, 0.05) is 13.6 Å². The lowest BCUT2D eigenvalue weighted by Crippen LogP contribution is -2.44. The van der Waals surface area contributed by atoms with Gasteiger partial charge in [-0.05, 0) is 38.6 Å². The lowest BCUT2D eigenvalue weighted by Gasteiger charge is -2.28. The van der Waals surface area contributed by atoms with Crippen molar-refractivity contribution in [2.45, 2.75) is 29.9 Å². The van der Waals surface area contributed by atoms with Crippen LogP contribution in [0.15, 0.2) is 29.2 Å². The molecule has 0 aliphatic carbocycles. The summed E-state index contributed by atoms with van der Waals surface area (Å²) in [4.78, 5) is 2.51. The monoisotopic (exact) mass is 296 g/mol. The van der Waals surface area contributed by atoms with Crippen molar-refractivity contribution in [3.05, 3.63) is 24.3 Å². The summed E-state index contributed by atoms with van der Waals surface area (Å²) in [7, 11) is 0.262. The molecule has 0 spiro atoms. The van der Waals surface area contributed by atoms with E-state index in [9.17, 15) is 8.42 Å². The minimum Gasteiger partial charge on any atom is -0.487 e. The predicted molar refractivity (Wildman–Crippen MR) is 76.3 cm³/mol. The summed E-state index contributed by atoms with van der Waals surface area (Å²) in [5.74, 6) is 0.483. The fourth-order valence-electron chi connectivity index (χ4n) is 3.00. The number of hydrogen-bond acceptors (Lipinski definition) is 4. The van der Waals surface area contributed by atoms with Crippen LogP contribution in [0.4, 0.5) is 0 Å². The van der Waals surface area contributed by atoms with Gasteiger partial charge in [-0.3, -0.25) is 0 Å². The van der Waals surface area contributed by atoms with Crippen molar-refractivity contribution < 1.29 is 13.2 Å². The summed E-state index contributed by atoms with van der Waals surface area (Å²) >= 11 is 0.